The Hall–Kier alpha value is -1.24. The van der Waals surface area contributed by atoms with Crippen molar-refractivity contribution < 1.29 is 4.21 Å². The van der Waals surface area contributed by atoms with E-state index in [-0.39, 0.29) is 0 Å². The molecule has 3 rings (SSSR count). The van der Waals surface area contributed by atoms with Crippen molar-refractivity contribution >= 4 is 27.3 Å². The molecule has 1 aromatic carbocycles. The molecule has 0 amide bonds. The number of piperazine rings is 1. The molecule has 2 aromatic rings. The predicted molar refractivity (Wildman–Crippen MR) is 93.1 cm³/mol. The SMILES string of the molecule is CC1CN(CCS(=O)c2ccccc2)CCN1c1nccs1. The van der Waals surface area contributed by atoms with E-state index in [4.69, 9.17) is 0 Å². The van der Waals surface area contributed by atoms with Gasteiger partial charge in [0.1, 0.15) is 0 Å². The van der Waals surface area contributed by atoms with E-state index in [9.17, 15) is 4.21 Å². The van der Waals surface area contributed by atoms with Crippen molar-refractivity contribution in [3.05, 3.63) is 41.9 Å². The fourth-order valence-corrected chi connectivity index (χ4v) is 4.67. The summed E-state index contributed by atoms with van der Waals surface area (Å²) in [7, 11) is -0.900. The smallest absolute Gasteiger partial charge is 0.185 e. The summed E-state index contributed by atoms with van der Waals surface area (Å²) in [5.41, 5.74) is 0. The Bertz CT molecular complexity index is 603. The average Bonchev–Trinajstić information content (AvgIpc) is 3.07. The summed E-state index contributed by atoms with van der Waals surface area (Å²) in [6.45, 7) is 6.13. The van der Waals surface area contributed by atoms with Gasteiger partial charge in [0.15, 0.2) is 5.13 Å². The largest absolute Gasteiger partial charge is 0.343 e. The molecule has 1 aliphatic rings. The molecule has 0 radical (unpaired) electrons. The van der Waals surface area contributed by atoms with Crippen molar-refractivity contribution in [1.29, 1.82) is 0 Å². The van der Waals surface area contributed by atoms with Crippen LogP contribution in [0.5, 0.6) is 0 Å². The quantitative estimate of drug-likeness (QED) is 0.841. The molecule has 2 atom stereocenters. The van der Waals surface area contributed by atoms with Crippen molar-refractivity contribution in [3.63, 3.8) is 0 Å². The van der Waals surface area contributed by atoms with Crippen LogP contribution in [0.2, 0.25) is 0 Å². The molecule has 0 aliphatic carbocycles. The van der Waals surface area contributed by atoms with E-state index in [0.29, 0.717) is 11.8 Å². The first-order valence-electron chi connectivity index (χ1n) is 7.56. The third-order valence-electron chi connectivity index (χ3n) is 3.98. The van der Waals surface area contributed by atoms with Gasteiger partial charge in [-0.05, 0) is 19.1 Å². The van der Waals surface area contributed by atoms with Crippen molar-refractivity contribution in [2.24, 2.45) is 0 Å². The number of hydrogen-bond acceptors (Lipinski definition) is 5. The lowest BCUT2D eigenvalue weighted by Crippen LogP contribution is -2.52. The first kappa shape index (κ1) is 15.6. The third kappa shape index (κ3) is 3.74. The first-order chi connectivity index (χ1) is 10.7. The van der Waals surface area contributed by atoms with Crippen LogP contribution in [0.4, 0.5) is 5.13 Å². The van der Waals surface area contributed by atoms with Gasteiger partial charge in [-0.3, -0.25) is 9.11 Å². The fraction of sp³-hybridized carbons (Fsp3) is 0.438. The van der Waals surface area contributed by atoms with Crippen LogP contribution < -0.4 is 4.90 Å². The van der Waals surface area contributed by atoms with Gasteiger partial charge in [-0.25, -0.2) is 4.98 Å². The summed E-state index contributed by atoms with van der Waals surface area (Å²) in [5.74, 6) is 0.702. The highest BCUT2D eigenvalue weighted by molar-refractivity contribution is 7.85. The van der Waals surface area contributed by atoms with Crippen molar-refractivity contribution in [1.82, 2.24) is 9.88 Å². The molecule has 0 N–H and O–H groups in total. The Labute approximate surface area is 138 Å². The summed E-state index contributed by atoms with van der Waals surface area (Å²) in [4.78, 5) is 10.1. The van der Waals surface area contributed by atoms with Crippen LogP contribution in [0.3, 0.4) is 0 Å². The van der Waals surface area contributed by atoms with E-state index >= 15 is 0 Å². The van der Waals surface area contributed by atoms with E-state index < -0.39 is 10.8 Å². The molecule has 2 heterocycles. The molecule has 22 heavy (non-hydrogen) atoms. The van der Waals surface area contributed by atoms with Gasteiger partial charge < -0.3 is 4.90 Å². The maximum absolute atomic E-state index is 12.3. The number of rotatable bonds is 5. The molecule has 1 saturated heterocycles. The van der Waals surface area contributed by atoms with Crippen molar-refractivity contribution in [2.75, 3.05) is 36.8 Å². The predicted octanol–water partition coefficient (Wildman–Crippen LogP) is 2.46. The standard InChI is InChI=1S/C16H21N3OS2/c1-14-13-18(8-9-19(14)16-17-7-11-21-16)10-12-22(20)15-5-3-2-4-6-15/h2-7,11,14H,8-10,12-13H2,1H3. The highest BCUT2D eigenvalue weighted by Crippen LogP contribution is 2.22. The minimum absolute atomic E-state index is 0.449. The molecule has 4 nitrogen and oxygen atoms in total. The van der Waals surface area contributed by atoms with Gasteiger partial charge in [0, 0.05) is 54.4 Å². The van der Waals surface area contributed by atoms with Crippen LogP contribution in [0.15, 0.2) is 46.8 Å². The second-order valence-electron chi connectivity index (χ2n) is 5.52. The lowest BCUT2D eigenvalue weighted by molar-refractivity contribution is 0.241. The molecular formula is C16H21N3OS2. The Kier molecular flexibility index (Phi) is 5.23. The summed E-state index contributed by atoms with van der Waals surface area (Å²) >= 11 is 1.70. The van der Waals surface area contributed by atoms with E-state index in [1.807, 2.05) is 41.9 Å². The molecule has 0 bridgehead atoms. The zero-order valence-corrected chi connectivity index (χ0v) is 14.4. The topological polar surface area (TPSA) is 36.4 Å². The summed E-state index contributed by atoms with van der Waals surface area (Å²) in [5, 5.41) is 3.14. The normalized spacial score (nSPS) is 21.0. The van der Waals surface area contributed by atoms with Crippen LogP contribution in [-0.4, -0.2) is 52.1 Å². The number of anilines is 1. The van der Waals surface area contributed by atoms with Gasteiger partial charge in [-0.1, -0.05) is 18.2 Å². The maximum Gasteiger partial charge on any atom is 0.185 e. The van der Waals surface area contributed by atoms with Crippen LogP contribution in [-0.2, 0) is 10.8 Å². The molecule has 118 valence electrons. The molecule has 0 saturated carbocycles. The van der Waals surface area contributed by atoms with Gasteiger partial charge in [-0.2, -0.15) is 0 Å². The van der Waals surface area contributed by atoms with Gasteiger partial charge in [0.25, 0.3) is 0 Å². The summed E-state index contributed by atoms with van der Waals surface area (Å²) in [6, 6.07) is 10.2. The number of benzene rings is 1. The summed E-state index contributed by atoms with van der Waals surface area (Å²) < 4.78 is 12.3. The van der Waals surface area contributed by atoms with E-state index in [2.05, 4.69) is 21.7 Å². The van der Waals surface area contributed by atoms with Crippen molar-refractivity contribution in [2.45, 2.75) is 17.9 Å². The van der Waals surface area contributed by atoms with Gasteiger partial charge in [0.05, 0.1) is 10.8 Å². The van der Waals surface area contributed by atoms with E-state index in [1.165, 1.54) is 0 Å². The van der Waals surface area contributed by atoms with Crippen molar-refractivity contribution in [3.8, 4) is 0 Å². The molecular weight excluding hydrogens is 314 g/mol. The molecule has 6 heteroatoms. The van der Waals surface area contributed by atoms with Crippen LogP contribution >= 0.6 is 11.3 Å². The maximum atomic E-state index is 12.3. The average molecular weight is 335 g/mol. The van der Waals surface area contributed by atoms with Crippen LogP contribution in [0.1, 0.15) is 6.92 Å². The molecule has 0 spiro atoms. The molecule has 1 aromatic heterocycles. The highest BCUT2D eigenvalue weighted by atomic mass is 32.2. The second-order valence-corrected chi connectivity index (χ2v) is 7.96. The lowest BCUT2D eigenvalue weighted by Gasteiger charge is -2.39. The monoisotopic (exact) mass is 335 g/mol. The third-order valence-corrected chi connectivity index (χ3v) is 6.14. The van der Waals surface area contributed by atoms with Crippen LogP contribution in [0.25, 0.3) is 0 Å². The minimum Gasteiger partial charge on any atom is -0.343 e. The zero-order chi connectivity index (χ0) is 15.4. The molecule has 1 aliphatic heterocycles. The molecule has 2 unspecified atom stereocenters. The van der Waals surface area contributed by atoms with E-state index in [0.717, 1.165) is 36.2 Å². The van der Waals surface area contributed by atoms with Crippen LogP contribution in [0, 0.1) is 0 Å². The van der Waals surface area contributed by atoms with Gasteiger partial charge in [0.2, 0.25) is 0 Å². The lowest BCUT2D eigenvalue weighted by atomic mass is 10.2. The van der Waals surface area contributed by atoms with E-state index in [1.54, 1.807) is 11.3 Å². The zero-order valence-electron chi connectivity index (χ0n) is 12.7. The first-order valence-corrected chi connectivity index (χ1v) is 9.76. The fourth-order valence-electron chi connectivity index (χ4n) is 2.78. The number of aromatic nitrogens is 1. The number of thiazole rings is 1. The second kappa shape index (κ2) is 7.35. The highest BCUT2D eigenvalue weighted by Gasteiger charge is 2.25. The Morgan fingerprint density at radius 2 is 2.14 bits per heavy atom. The molecule has 1 fully saturated rings. The summed E-state index contributed by atoms with van der Waals surface area (Å²) in [6.07, 6.45) is 1.86. The Morgan fingerprint density at radius 3 is 2.82 bits per heavy atom. The Balaban J connectivity index is 1.50. The minimum atomic E-state index is -0.900. The number of hydrogen-bond donors (Lipinski definition) is 0. The Morgan fingerprint density at radius 1 is 1.32 bits per heavy atom. The van der Waals surface area contributed by atoms with Gasteiger partial charge >= 0.3 is 0 Å². The van der Waals surface area contributed by atoms with Gasteiger partial charge in [-0.15, -0.1) is 11.3 Å². The number of nitrogens with zero attached hydrogens (tertiary/aromatic N) is 3.